The third-order valence-corrected chi connectivity index (χ3v) is 2.55. The Morgan fingerprint density at radius 3 is 3.00 bits per heavy atom. The molecule has 0 aromatic heterocycles. The van der Waals surface area contributed by atoms with E-state index in [1.165, 1.54) is 0 Å². The highest BCUT2D eigenvalue weighted by Crippen LogP contribution is 2.35. The third kappa shape index (κ3) is 1.76. The molecule has 0 radical (unpaired) electrons. The van der Waals surface area contributed by atoms with Crippen LogP contribution >= 0.6 is 0 Å². The fourth-order valence-electron chi connectivity index (χ4n) is 1.90. The molecule has 3 N–H and O–H groups in total. The molecule has 2 aliphatic rings. The second-order valence-electron chi connectivity index (χ2n) is 3.47. The second kappa shape index (κ2) is 3.75. The van der Waals surface area contributed by atoms with Crippen LogP contribution in [-0.4, -0.2) is 36.8 Å². The molecule has 4 nitrogen and oxygen atoms in total. The standard InChI is InChI=1S/C9H15NO3/c10-3-4-12-9(11)7-5-6-1-2-8(7)13-6/h1-2,6-9,11H,3-5,10H2. The van der Waals surface area contributed by atoms with Gasteiger partial charge >= 0.3 is 0 Å². The fourth-order valence-corrected chi connectivity index (χ4v) is 1.90. The Labute approximate surface area is 77.3 Å². The summed E-state index contributed by atoms with van der Waals surface area (Å²) in [6.45, 7) is 0.841. The van der Waals surface area contributed by atoms with Gasteiger partial charge in [0.1, 0.15) is 0 Å². The predicted molar refractivity (Wildman–Crippen MR) is 46.9 cm³/mol. The van der Waals surface area contributed by atoms with Crippen molar-refractivity contribution in [1.82, 2.24) is 0 Å². The number of ether oxygens (including phenoxy) is 2. The number of aliphatic hydroxyl groups is 1. The Bertz CT molecular complexity index is 207. The predicted octanol–water partition coefficient (Wildman–Crippen LogP) is -0.376. The second-order valence-corrected chi connectivity index (χ2v) is 3.47. The van der Waals surface area contributed by atoms with E-state index in [9.17, 15) is 5.11 Å². The van der Waals surface area contributed by atoms with Crippen LogP contribution in [0.4, 0.5) is 0 Å². The van der Waals surface area contributed by atoms with E-state index in [0.717, 1.165) is 6.42 Å². The summed E-state index contributed by atoms with van der Waals surface area (Å²) in [5, 5.41) is 9.61. The molecule has 13 heavy (non-hydrogen) atoms. The first-order valence-corrected chi connectivity index (χ1v) is 4.65. The highest BCUT2D eigenvalue weighted by atomic mass is 16.6. The zero-order chi connectivity index (χ0) is 9.26. The van der Waals surface area contributed by atoms with Crippen molar-refractivity contribution in [2.45, 2.75) is 24.9 Å². The monoisotopic (exact) mass is 185 g/mol. The third-order valence-electron chi connectivity index (χ3n) is 2.55. The van der Waals surface area contributed by atoms with E-state index in [1.807, 2.05) is 12.2 Å². The normalized spacial score (nSPS) is 38.5. The molecule has 0 aliphatic carbocycles. The van der Waals surface area contributed by atoms with Crippen LogP contribution in [-0.2, 0) is 9.47 Å². The van der Waals surface area contributed by atoms with Gasteiger partial charge in [-0.05, 0) is 6.42 Å². The number of fused-ring (bicyclic) bond motifs is 2. The van der Waals surface area contributed by atoms with Gasteiger partial charge in [-0.3, -0.25) is 0 Å². The maximum absolute atomic E-state index is 9.61. The van der Waals surface area contributed by atoms with Crippen LogP contribution in [0.3, 0.4) is 0 Å². The minimum Gasteiger partial charge on any atom is -0.368 e. The van der Waals surface area contributed by atoms with Crippen molar-refractivity contribution in [2.24, 2.45) is 11.7 Å². The van der Waals surface area contributed by atoms with E-state index < -0.39 is 6.29 Å². The van der Waals surface area contributed by atoms with Gasteiger partial charge in [-0.2, -0.15) is 0 Å². The minimum atomic E-state index is -0.733. The molecule has 2 bridgehead atoms. The lowest BCUT2D eigenvalue weighted by Crippen LogP contribution is -2.31. The van der Waals surface area contributed by atoms with Gasteiger partial charge in [0.25, 0.3) is 0 Å². The zero-order valence-corrected chi connectivity index (χ0v) is 7.43. The molecule has 0 aromatic rings. The number of aliphatic hydroxyl groups excluding tert-OH is 1. The molecule has 0 spiro atoms. The van der Waals surface area contributed by atoms with Crippen LogP contribution in [0.15, 0.2) is 12.2 Å². The Hall–Kier alpha value is -0.420. The lowest BCUT2D eigenvalue weighted by Gasteiger charge is -2.21. The number of hydrogen-bond acceptors (Lipinski definition) is 4. The quantitative estimate of drug-likeness (QED) is 0.463. The smallest absolute Gasteiger partial charge is 0.160 e. The fraction of sp³-hybridized carbons (Fsp3) is 0.778. The first kappa shape index (κ1) is 9.15. The number of hydrogen-bond donors (Lipinski definition) is 2. The molecule has 2 aliphatic heterocycles. The summed E-state index contributed by atoms with van der Waals surface area (Å²) in [5.41, 5.74) is 5.27. The van der Waals surface area contributed by atoms with Gasteiger partial charge < -0.3 is 20.3 Å². The molecule has 0 saturated carbocycles. The summed E-state index contributed by atoms with van der Waals surface area (Å²) >= 11 is 0. The van der Waals surface area contributed by atoms with Crippen molar-refractivity contribution in [3.8, 4) is 0 Å². The summed E-state index contributed by atoms with van der Waals surface area (Å²) in [6.07, 6.45) is 4.38. The molecule has 74 valence electrons. The van der Waals surface area contributed by atoms with Crippen LogP contribution < -0.4 is 5.73 Å². The van der Waals surface area contributed by atoms with Crippen molar-refractivity contribution in [3.05, 3.63) is 12.2 Å². The van der Waals surface area contributed by atoms with Gasteiger partial charge in [-0.1, -0.05) is 12.2 Å². The van der Waals surface area contributed by atoms with E-state index >= 15 is 0 Å². The van der Waals surface area contributed by atoms with E-state index in [4.69, 9.17) is 15.2 Å². The summed E-state index contributed by atoms with van der Waals surface area (Å²) in [7, 11) is 0. The average Bonchev–Trinajstić information content (AvgIpc) is 2.74. The van der Waals surface area contributed by atoms with Gasteiger partial charge in [-0.15, -0.1) is 0 Å². The molecule has 4 unspecified atom stereocenters. The zero-order valence-electron chi connectivity index (χ0n) is 7.43. The van der Waals surface area contributed by atoms with E-state index in [1.54, 1.807) is 0 Å². The summed E-state index contributed by atoms with van der Waals surface area (Å²) < 4.78 is 10.6. The Balaban J connectivity index is 1.84. The van der Waals surface area contributed by atoms with Crippen LogP contribution in [0.5, 0.6) is 0 Å². The maximum Gasteiger partial charge on any atom is 0.160 e. The summed E-state index contributed by atoms with van der Waals surface area (Å²) in [5.74, 6) is 0.0848. The maximum atomic E-state index is 9.61. The molecule has 4 heteroatoms. The van der Waals surface area contributed by atoms with Crippen LogP contribution in [0.25, 0.3) is 0 Å². The van der Waals surface area contributed by atoms with Gasteiger partial charge in [-0.25, -0.2) is 0 Å². The van der Waals surface area contributed by atoms with Crippen molar-refractivity contribution in [3.63, 3.8) is 0 Å². The first-order chi connectivity index (χ1) is 6.31. The van der Waals surface area contributed by atoms with Crippen LogP contribution in [0.2, 0.25) is 0 Å². The molecule has 1 fully saturated rings. The minimum absolute atomic E-state index is 0.0396. The molecular formula is C9H15NO3. The van der Waals surface area contributed by atoms with E-state index in [-0.39, 0.29) is 18.1 Å². The molecular weight excluding hydrogens is 170 g/mol. The SMILES string of the molecule is NCCOC(O)C1CC2C=CC1O2. The van der Waals surface area contributed by atoms with Crippen molar-refractivity contribution < 1.29 is 14.6 Å². The summed E-state index contributed by atoms with van der Waals surface area (Å²) in [4.78, 5) is 0. The Morgan fingerprint density at radius 2 is 2.46 bits per heavy atom. The Kier molecular flexibility index (Phi) is 2.64. The van der Waals surface area contributed by atoms with Gasteiger partial charge in [0.05, 0.1) is 18.8 Å². The first-order valence-electron chi connectivity index (χ1n) is 4.65. The molecule has 4 atom stereocenters. The molecule has 2 heterocycles. The van der Waals surface area contributed by atoms with Gasteiger partial charge in [0.15, 0.2) is 6.29 Å². The molecule has 0 aromatic carbocycles. The Morgan fingerprint density at radius 1 is 1.62 bits per heavy atom. The molecule has 0 amide bonds. The van der Waals surface area contributed by atoms with Crippen molar-refractivity contribution in [1.29, 1.82) is 0 Å². The van der Waals surface area contributed by atoms with Gasteiger partial charge in [0.2, 0.25) is 0 Å². The average molecular weight is 185 g/mol. The topological polar surface area (TPSA) is 64.7 Å². The highest BCUT2D eigenvalue weighted by molar-refractivity contribution is 5.11. The lowest BCUT2D eigenvalue weighted by atomic mass is 9.94. The molecule has 2 rings (SSSR count). The van der Waals surface area contributed by atoms with Crippen molar-refractivity contribution >= 4 is 0 Å². The van der Waals surface area contributed by atoms with E-state index in [0.29, 0.717) is 13.2 Å². The van der Waals surface area contributed by atoms with Crippen molar-refractivity contribution in [2.75, 3.05) is 13.2 Å². The van der Waals surface area contributed by atoms with E-state index in [2.05, 4.69) is 0 Å². The number of rotatable bonds is 4. The van der Waals surface area contributed by atoms with Gasteiger partial charge in [0, 0.05) is 12.5 Å². The highest BCUT2D eigenvalue weighted by Gasteiger charge is 2.41. The largest absolute Gasteiger partial charge is 0.368 e. The molecule has 1 saturated heterocycles. The summed E-state index contributed by atoms with van der Waals surface area (Å²) in [6, 6.07) is 0. The lowest BCUT2D eigenvalue weighted by molar-refractivity contribution is -0.138. The van der Waals surface area contributed by atoms with Crippen LogP contribution in [0.1, 0.15) is 6.42 Å². The van der Waals surface area contributed by atoms with Crippen LogP contribution in [0, 0.1) is 5.92 Å². The number of nitrogens with two attached hydrogens (primary N) is 1.